The number of sulfonamides is 1. The van der Waals surface area contributed by atoms with Crippen LogP contribution in [0.2, 0.25) is 0 Å². The molecular formula is C22H22N6O3S. The van der Waals surface area contributed by atoms with E-state index in [1.807, 2.05) is 29.2 Å². The van der Waals surface area contributed by atoms with Gasteiger partial charge in [-0.15, -0.1) is 4.40 Å². The first-order chi connectivity index (χ1) is 15.5. The van der Waals surface area contributed by atoms with E-state index in [0.29, 0.717) is 31.0 Å². The van der Waals surface area contributed by atoms with Crippen molar-refractivity contribution >= 4 is 27.5 Å². The van der Waals surface area contributed by atoms with E-state index in [1.165, 1.54) is 6.33 Å². The summed E-state index contributed by atoms with van der Waals surface area (Å²) in [5.74, 6) is 0.0708. The van der Waals surface area contributed by atoms with E-state index in [-0.39, 0.29) is 16.7 Å². The number of para-hydroxylation sites is 1. The average molecular weight is 451 g/mol. The summed E-state index contributed by atoms with van der Waals surface area (Å²) in [6.45, 7) is 1.58. The second kappa shape index (κ2) is 8.19. The number of carbonyl (C=O) groups is 1. The van der Waals surface area contributed by atoms with Gasteiger partial charge in [-0.2, -0.15) is 13.5 Å². The van der Waals surface area contributed by atoms with E-state index in [0.717, 1.165) is 24.1 Å². The highest BCUT2D eigenvalue weighted by Gasteiger charge is 2.35. The molecule has 1 N–H and O–H groups in total. The molecule has 3 heterocycles. The number of anilines is 1. The predicted molar refractivity (Wildman–Crippen MR) is 119 cm³/mol. The summed E-state index contributed by atoms with van der Waals surface area (Å²) in [5, 5.41) is 7.18. The molecule has 10 heteroatoms. The molecule has 0 aliphatic carbocycles. The summed E-state index contributed by atoms with van der Waals surface area (Å²) < 4.78 is 30.6. The molecule has 1 amide bonds. The van der Waals surface area contributed by atoms with Gasteiger partial charge in [-0.25, -0.2) is 9.67 Å². The lowest BCUT2D eigenvalue weighted by Crippen LogP contribution is -2.43. The van der Waals surface area contributed by atoms with Crippen molar-refractivity contribution in [2.24, 2.45) is 10.3 Å². The Balaban J connectivity index is 1.33. The lowest BCUT2D eigenvalue weighted by molar-refractivity contribution is -0.121. The van der Waals surface area contributed by atoms with Crippen LogP contribution in [0.3, 0.4) is 0 Å². The van der Waals surface area contributed by atoms with Crippen molar-refractivity contribution in [3.05, 3.63) is 72.3 Å². The smallest absolute Gasteiger partial charge is 0.285 e. The van der Waals surface area contributed by atoms with Gasteiger partial charge in [0.2, 0.25) is 5.91 Å². The molecule has 9 nitrogen and oxygen atoms in total. The van der Waals surface area contributed by atoms with Gasteiger partial charge in [-0.05, 0) is 36.6 Å². The van der Waals surface area contributed by atoms with Gasteiger partial charge in [0.05, 0.1) is 12.5 Å². The minimum Gasteiger partial charge on any atom is -0.355 e. The summed E-state index contributed by atoms with van der Waals surface area (Å²) in [5.41, 5.74) is 2.27. The Morgan fingerprint density at radius 2 is 1.94 bits per heavy atom. The number of hydrogen-bond donors (Lipinski definition) is 1. The first-order valence-electron chi connectivity index (χ1n) is 10.4. The van der Waals surface area contributed by atoms with E-state index in [4.69, 9.17) is 0 Å². The maximum Gasteiger partial charge on any atom is 0.285 e. The van der Waals surface area contributed by atoms with Crippen LogP contribution in [-0.4, -0.2) is 52.9 Å². The number of carbonyl (C=O) groups excluding carboxylic acids is 1. The zero-order valence-corrected chi connectivity index (χ0v) is 18.1. The first-order valence-corrected chi connectivity index (χ1v) is 11.9. The Morgan fingerprint density at radius 3 is 2.78 bits per heavy atom. The molecule has 1 unspecified atom stereocenters. The molecule has 1 saturated heterocycles. The highest BCUT2D eigenvalue weighted by atomic mass is 32.2. The van der Waals surface area contributed by atoms with Crippen LogP contribution in [0.4, 0.5) is 5.69 Å². The second-order valence-electron chi connectivity index (χ2n) is 7.91. The van der Waals surface area contributed by atoms with E-state index in [9.17, 15) is 13.2 Å². The van der Waals surface area contributed by atoms with Gasteiger partial charge < -0.3 is 10.2 Å². The Hall–Kier alpha value is -3.53. The van der Waals surface area contributed by atoms with Crippen molar-refractivity contribution in [1.82, 2.24) is 19.7 Å². The minimum atomic E-state index is -3.69. The fraction of sp³-hybridized carbons (Fsp3) is 0.273. The van der Waals surface area contributed by atoms with Gasteiger partial charge in [-0.3, -0.25) is 4.79 Å². The molecule has 3 aromatic rings. The molecule has 164 valence electrons. The minimum absolute atomic E-state index is 0.0875. The van der Waals surface area contributed by atoms with Gasteiger partial charge in [-0.1, -0.05) is 30.3 Å². The second-order valence-corrected chi connectivity index (χ2v) is 9.48. The molecule has 2 aromatic carbocycles. The fourth-order valence-electron chi connectivity index (χ4n) is 4.20. The predicted octanol–water partition coefficient (Wildman–Crippen LogP) is 2.13. The summed E-state index contributed by atoms with van der Waals surface area (Å²) in [7, 11) is -3.69. The molecule has 2 aliphatic heterocycles. The van der Waals surface area contributed by atoms with Crippen molar-refractivity contribution in [2.75, 3.05) is 18.4 Å². The third kappa shape index (κ3) is 3.89. The van der Waals surface area contributed by atoms with E-state index in [1.54, 1.807) is 35.3 Å². The number of hydrogen-bond acceptors (Lipinski definition) is 6. The van der Waals surface area contributed by atoms with Gasteiger partial charge in [0.25, 0.3) is 10.0 Å². The third-order valence-corrected chi connectivity index (χ3v) is 7.10. The quantitative estimate of drug-likeness (QED) is 0.652. The summed E-state index contributed by atoms with van der Waals surface area (Å²) in [4.78, 5) is 19.2. The summed E-state index contributed by atoms with van der Waals surface area (Å²) >= 11 is 0. The van der Waals surface area contributed by atoms with Crippen molar-refractivity contribution < 1.29 is 13.2 Å². The highest BCUT2D eigenvalue weighted by Crippen LogP contribution is 2.30. The number of amidine groups is 1. The largest absolute Gasteiger partial charge is 0.355 e. The van der Waals surface area contributed by atoms with Crippen molar-refractivity contribution in [3.8, 4) is 0 Å². The Kier molecular flexibility index (Phi) is 5.22. The lowest BCUT2D eigenvalue weighted by Gasteiger charge is -2.33. The Bertz CT molecular complexity index is 1290. The van der Waals surface area contributed by atoms with Crippen LogP contribution in [-0.2, 0) is 21.4 Å². The normalized spacial score (nSPS) is 19.3. The van der Waals surface area contributed by atoms with Crippen LogP contribution in [0.1, 0.15) is 24.0 Å². The Labute approximate surface area is 185 Å². The number of nitrogens with zero attached hydrogens (tertiary/aromatic N) is 5. The standard InChI is InChI=1S/C22H22N6O3S/c29-22(25-19-9-3-1-6-16(19)13-28-15-23-14-24-28)17-7-5-11-27(12-17)21-18-8-2-4-10-20(18)32(30,31)26-21/h1-4,6,8-10,14-15,17H,5,7,11-13H2,(H,25,29). The number of amides is 1. The molecule has 0 saturated carbocycles. The van der Waals surface area contributed by atoms with Gasteiger partial charge in [0, 0.05) is 24.3 Å². The maximum atomic E-state index is 13.1. The number of nitrogens with one attached hydrogen (secondary N) is 1. The van der Waals surface area contributed by atoms with E-state index < -0.39 is 10.0 Å². The maximum absolute atomic E-state index is 13.1. The molecule has 0 spiro atoms. The monoisotopic (exact) mass is 450 g/mol. The Morgan fingerprint density at radius 1 is 1.12 bits per heavy atom. The molecule has 1 atom stereocenters. The summed E-state index contributed by atoms with van der Waals surface area (Å²) in [6.07, 6.45) is 4.61. The van der Waals surface area contributed by atoms with Gasteiger partial charge in [0.1, 0.15) is 17.6 Å². The molecule has 32 heavy (non-hydrogen) atoms. The van der Waals surface area contributed by atoms with Crippen molar-refractivity contribution in [2.45, 2.75) is 24.3 Å². The van der Waals surface area contributed by atoms with Crippen LogP contribution in [0, 0.1) is 5.92 Å². The number of aromatic nitrogens is 3. The van der Waals surface area contributed by atoms with Gasteiger partial charge >= 0.3 is 0 Å². The first kappa shape index (κ1) is 20.4. The third-order valence-electron chi connectivity index (χ3n) is 5.78. The number of likely N-dealkylation sites (tertiary alicyclic amines) is 1. The zero-order valence-electron chi connectivity index (χ0n) is 17.3. The van der Waals surface area contributed by atoms with Crippen LogP contribution in [0.25, 0.3) is 0 Å². The fourth-order valence-corrected chi connectivity index (χ4v) is 5.43. The highest BCUT2D eigenvalue weighted by molar-refractivity contribution is 7.90. The van der Waals surface area contributed by atoms with Crippen molar-refractivity contribution in [3.63, 3.8) is 0 Å². The summed E-state index contributed by atoms with van der Waals surface area (Å²) in [6, 6.07) is 14.4. The van der Waals surface area contributed by atoms with E-state index >= 15 is 0 Å². The van der Waals surface area contributed by atoms with Crippen LogP contribution < -0.4 is 5.32 Å². The average Bonchev–Trinajstić information content (AvgIpc) is 3.41. The zero-order chi connectivity index (χ0) is 22.1. The lowest BCUT2D eigenvalue weighted by atomic mass is 9.96. The SMILES string of the molecule is O=C(Nc1ccccc1Cn1cncn1)C1CCCN(C2=NS(=O)(=O)c3ccccc32)C1. The number of piperidine rings is 1. The molecule has 1 aromatic heterocycles. The van der Waals surface area contributed by atoms with Crippen LogP contribution in [0.5, 0.6) is 0 Å². The molecule has 5 rings (SSSR count). The molecule has 0 bridgehead atoms. The van der Waals surface area contributed by atoms with Crippen molar-refractivity contribution in [1.29, 1.82) is 0 Å². The number of benzene rings is 2. The molecule has 1 fully saturated rings. The van der Waals surface area contributed by atoms with Gasteiger partial charge in [0.15, 0.2) is 5.84 Å². The van der Waals surface area contributed by atoms with E-state index in [2.05, 4.69) is 19.8 Å². The molecule has 2 aliphatic rings. The molecular weight excluding hydrogens is 428 g/mol. The number of fused-ring (bicyclic) bond motifs is 1. The topological polar surface area (TPSA) is 110 Å². The number of rotatable bonds is 4. The van der Waals surface area contributed by atoms with Crippen LogP contribution in [0.15, 0.2) is 70.5 Å². The van der Waals surface area contributed by atoms with Crippen LogP contribution >= 0.6 is 0 Å². The molecule has 0 radical (unpaired) electrons.